The van der Waals surface area contributed by atoms with Crippen molar-refractivity contribution in [1.29, 1.82) is 0 Å². The fourth-order valence-corrected chi connectivity index (χ4v) is 4.75. The molecule has 1 fully saturated rings. The van der Waals surface area contributed by atoms with Gasteiger partial charge in [-0.2, -0.15) is 18.3 Å². The molecule has 0 aliphatic carbocycles. The molecule has 154 valence electrons. The van der Waals surface area contributed by atoms with Crippen molar-refractivity contribution in [3.63, 3.8) is 0 Å². The van der Waals surface area contributed by atoms with E-state index in [2.05, 4.69) is 10.1 Å². The summed E-state index contributed by atoms with van der Waals surface area (Å²) in [5, 5.41) is 5.55. The number of thiophene rings is 1. The lowest BCUT2D eigenvalue weighted by atomic mass is 9.97. The number of alkyl halides is 3. The van der Waals surface area contributed by atoms with Gasteiger partial charge in [-0.05, 0) is 50.6 Å². The highest BCUT2D eigenvalue weighted by Crippen LogP contribution is 2.36. The normalized spacial score (nSPS) is 20.4. The van der Waals surface area contributed by atoms with Crippen molar-refractivity contribution in [3.8, 4) is 10.6 Å². The summed E-state index contributed by atoms with van der Waals surface area (Å²) in [5.41, 5.74) is -1.26. The van der Waals surface area contributed by atoms with Crippen molar-refractivity contribution in [2.75, 3.05) is 0 Å². The molecular formula is C19H18ClF3N4OS. The molecular weight excluding hydrogens is 425 g/mol. The first-order valence-electron chi connectivity index (χ1n) is 9.21. The minimum atomic E-state index is -4.69. The Balaban J connectivity index is 1.89. The summed E-state index contributed by atoms with van der Waals surface area (Å²) in [6, 6.07) is 4.26. The standard InChI is InChI=1S/C19H18ClF3N4OS/c1-10-5-3-6-11(2)26(10)18(28)16-15(20)17-24-12(13-7-4-8-29-13)9-14(19(21,22)23)27(17)25-16/h4,7-11H,3,5-6H2,1-2H3/t10-,11-/m1/s1. The van der Waals surface area contributed by atoms with Gasteiger partial charge in [0, 0.05) is 12.1 Å². The summed E-state index contributed by atoms with van der Waals surface area (Å²) in [4.78, 5) is 19.7. The van der Waals surface area contributed by atoms with E-state index in [4.69, 9.17) is 11.6 Å². The maximum absolute atomic E-state index is 13.7. The fraction of sp³-hybridized carbons (Fsp3) is 0.421. The summed E-state index contributed by atoms with van der Waals surface area (Å²) in [5.74, 6) is -0.467. The van der Waals surface area contributed by atoms with Gasteiger partial charge in [-0.15, -0.1) is 11.3 Å². The van der Waals surface area contributed by atoms with E-state index in [-0.39, 0.29) is 34.1 Å². The van der Waals surface area contributed by atoms with Crippen LogP contribution >= 0.6 is 22.9 Å². The highest BCUT2D eigenvalue weighted by molar-refractivity contribution is 7.13. The van der Waals surface area contributed by atoms with E-state index in [0.717, 1.165) is 25.3 Å². The number of carbonyl (C=O) groups is 1. The fourth-order valence-electron chi connectivity index (χ4n) is 3.82. The lowest BCUT2D eigenvalue weighted by molar-refractivity contribution is -0.142. The molecule has 5 nitrogen and oxygen atoms in total. The van der Waals surface area contributed by atoms with Crippen LogP contribution in [0.1, 0.15) is 49.3 Å². The second kappa shape index (κ2) is 7.28. The van der Waals surface area contributed by atoms with Crippen molar-refractivity contribution >= 4 is 34.5 Å². The average Bonchev–Trinajstić information content (AvgIpc) is 3.28. The average molecular weight is 443 g/mol. The van der Waals surface area contributed by atoms with Gasteiger partial charge in [0.2, 0.25) is 0 Å². The van der Waals surface area contributed by atoms with Crippen LogP contribution in [0, 0.1) is 0 Å². The van der Waals surface area contributed by atoms with Gasteiger partial charge < -0.3 is 4.90 Å². The first-order valence-corrected chi connectivity index (χ1v) is 10.5. The van der Waals surface area contributed by atoms with Crippen LogP contribution in [0.15, 0.2) is 23.6 Å². The van der Waals surface area contributed by atoms with Gasteiger partial charge in [0.25, 0.3) is 5.91 Å². The molecule has 0 saturated carbocycles. The van der Waals surface area contributed by atoms with Crippen LogP contribution in [0.4, 0.5) is 13.2 Å². The zero-order chi connectivity index (χ0) is 20.9. The molecule has 2 atom stereocenters. The third-order valence-electron chi connectivity index (χ3n) is 5.23. The molecule has 3 aromatic heterocycles. The van der Waals surface area contributed by atoms with Crippen LogP contribution in [0.25, 0.3) is 16.2 Å². The SMILES string of the molecule is C[C@@H]1CCC[C@@H](C)N1C(=O)c1nn2c(C(F)(F)F)cc(-c3cccs3)nc2c1Cl. The number of halogens is 4. The number of piperidine rings is 1. The molecule has 0 unspecified atom stereocenters. The predicted molar refractivity (Wildman–Crippen MR) is 105 cm³/mol. The Hall–Kier alpha value is -2.13. The molecule has 1 amide bonds. The molecule has 0 radical (unpaired) electrons. The van der Waals surface area contributed by atoms with Crippen molar-refractivity contribution in [1.82, 2.24) is 19.5 Å². The van der Waals surface area contributed by atoms with E-state index in [0.29, 0.717) is 9.39 Å². The summed E-state index contributed by atoms with van der Waals surface area (Å²) >= 11 is 7.63. The number of amides is 1. The molecule has 10 heteroatoms. The zero-order valence-electron chi connectivity index (χ0n) is 15.7. The van der Waals surface area contributed by atoms with E-state index in [1.807, 2.05) is 13.8 Å². The first kappa shape index (κ1) is 20.2. The Morgan fingerprint density at radius 2 is 1.97 bits per heavy atom. The Morgan fingerprint density at radius 3 is 2.55 bits per heavy atom. The molecule has 29 heavy (non-hydrogen) atoms. The van der Waals surface area contributed by atoms with Gasteiger partial charge >= 0.3 is 6.18 Å². The molecule has 1 aliphatic rings. The predicted octanol–water partition coefficient (Wildman–Crippen LogP) is 5.53. The van der Waals surface area contributed by atoms with Crippen LogP contribution in [0.2, 0.25) is 5.02 Å². The van der Waals surface area contributed by atoms with E-state index < -0.39 is 17.8 Å². The minimum Gasteiger partial charge on any atom is -0.332 e. The van der Waals surface area contributed by atoms with Crippen molar-refractivity contribution < 1.29 is 18.0 Å². The monoisotopic (exact) mass is 442 g/mol. The van der Waals surface area contributed by atoms with Gasteiger partial charge in [0.15, 0.2) is 17.0 Å². The number of hydrogen-bond donors (Lipinski definition) is 0. The molecule has 1 saturated heterocycles. The van der Waals surface area contributed by atoms with Crippen molar-refractivity contribution in [2.45, 2.75) is 51.4 Å². The Kier molecular flexibility index (Phi) is 5.06. The lowest BCUT2D eigenvalue weighted by Gasteiger charge is -2.38. The van der Waals surface area contributed by atoms with E-state index >= 15 is 0 Å². The molecule has 3 aromatic rings. The second-order valence-corrected chi connectivity index (χ2v) is 8.57. The molecule has 0 aromatic carbocycles. The van der Waals surface area contributed by atoms with Crippen molar-refractivity contribution in [3.05, 3.63) is 40.0 Å². The second-order valence-electron chi connectivity index (χ2n) is 7.24. The molecule has 0 bridgehead atoms. The molecule has 4 rings (SSSR count). The maximum Gasteiger partial charge on any atom is 0.433 e. The highest BCUT2D eigenvalue weighted by Gasteiger charge is 2.38. The van der Waals surface area contributed by atoms with Gasteiger partial charge in [-0.25, -0.2) is 9.50 Å². The number of aromatic nitrogens is 3. The lowest BCUT2D eigenvalue weighted by Crippen LogP contribution is -2.47. The van der Waals surface area contributed by atoms with Gasteiger partial charge in [-0.3, -0.25) is 4.79 Å². The third kappa shape index (κ3) is 3.50. The van der Waals surface area contributed by atoms with E-state index in [1.54, 1.807) is 22.4 Å². The van der Waals surface area contributed by atoms with E-state index in [1.165, 1.54) is 11.3 Å². The quantitative estimate of drug-likeness (QED) is 0.524. The smallest absolute Gasteiger partial charge is 0.332 e. The van der Waals surface area contributed by atoms with Gasteiger partial charge in [-0.1, -0.05) is 17.7 Å². The Labute approximate surface area is 174 Å². The van der Waals surface area contributed by atoms with Crippen molar-refractivity contribution in [2.24, 2.45) is 0 Å². The van der Waals surface area contributed by atoms with Crippen LogP contribution < -0.4 is 0 Å². The summed E-state index contributed by atoms with van der Waals surface area (Å²) in [6.45, 7) is 3.84. The topological polar surface area (TPSA) is 50.5 Å². The van der Waals surface area contributed by atoms with Crippen LogP contribution in [0.5, 0.6) is 0 Å². The number of fused-ring (bicyclic) bond motifs is 1. The molecule has 0 N–H and O–H groups in total. The summed E-state index contributed by atoms with van der Waals surface area (Å²) in [6.07, 6.45) is -2.03. The molecule has 4 heterocycles. The third-order valence-corrected chi connectivity index (χ3v) is 6.47. The largest absolute Gasteiger partial charge is 0.433 e. The van der Waals surface area contributed by atoms with Gasteiger partial charge in [0.05, 0.1) is 10.6 Å². The van der Waals surface area contributed by atoms with Crippen LogP contribution in [0.3, 0.4) is 0 Å². The Bertz CT molecular complexity index is 1050. The van der Waals surface area contributed by atoms with Gasteiger partial charge in [0.1, 0.15) is 5.02 Å². The number of rotatable bonds is 2. The first-order chi connectivity index (χ1) is 13.7. The number of hydrogen-bond acceptors (Lipinski definition) is 4. The number of carbonyl (C=O) groups excluding carboxylic acids is 1. The number of nitrogens with zero attached hydrogens (tertiary/aromatic N) is 4. The zero-order valence-corrected chi connectivity index (χ0v) is 17.3. The van der Waals surface area contributed by atoms with E-state index in [9.17, 15) is 18.0 Å². The molecule has 0 spiro atoms. The minimum absolute atomic E-state index is 0.0381. The number of likely N-dealkylation sites (tertiary alicyclic amines) is 1. The maximum atomic E-state index is 13.7. The summed E-state index contributed by atoms with van der Waals surface area (Å²) in [7, 11) is 0. The molecule has 1 aliphatic heterocycles. The highest BCUT2D eigenvalue weighted by atomic mass is 35.5. The van der Waals surface area contributed by atoms with Crippen LogP contribution in [-0.4, -0.2) is 37.5 Å². The van der Waals surface area contributed by atoms with Crippen LogP contribution in [-0.2, 0) is 6.18 Å². The Morgan fingerprint density at radius 1 is 1.28 bits per heavy atom. The summed E-state index contributed by atoms with van der Waals surface area (Å²) < 4.78 is 41.8.